The van der Waals surface area contributed by atoms with Gasteiger partial charge < -0.3 is 15.6 Å². The number of ketones is 1. The second kappa shape index (κ2) is 8.50. The number of Topliss-reactive ketones (excluding diaryl/α,β-unsaturated/α-hetero) is 1. The summed E-state index contributed by atoms with van der Waals surface area (Å²) < 4.78 is 0. The van der Waals surface area contributed by atoms with E-state index in [4.69, 9.17) is 0 Å². The van der Waals surface area contributed by atoms with Gasteiger partial charge in [0.05, 0.1) is 0 Å². The van der Waals surface area contributed by atoms with Gasteiger partial charge in [0.1, 0.15) is 5.69 Å². The van der Waals surface area contributed by atoms with Gasteiger partial charge in [-0.05, 0) is 31.7 Å². The van der Waals surface area contributed by atoms with E-state index in [0.717, 1.165) is 12.8 Å². The lowest BCUT2D eigenvalue weighted by Crippen LogP contribution is -2.35. The third-order valence-corrected chi connectivity index (χ3v) is 4.27. The van der Waals surface area contributed by atoms with Crippen molar-refractivity contribution in [2.45, 2.75) is 45.4 Å². The minimum absolute atomic E-state index is 0.0601. The predicted molar refractivity (Wildman–Crippen MR) is 87.3 cm³/mol. The molecule has 0 aliphatic heterocycles. The third-order valence-electron chi connectivity index (χ3n) is 4.27. The first kappa shape index (κ1) is 17.2. The molecule has 1 heterocycles. The van der Waals surface area contributed by atoms with Gasteiger partial charge in [-0.3, -0.25) is 14.4 Å². The highest BCUT2D eigenvalue weighted by atomic mass is 16.2. The van der Waals surface area contributed by atoms with Gasteiger partial charge in [0.2, 0.25) is 5.91 Å². The van der Waals surface area contributed by atoms with Crippen LogP contribution in [-0.2, 0) is 4.79 Å². The summed E-state index contributed by atoms with van der Waals surface area (Å²) in [7, 11) is 0. The molecule has 1 aromatic rings. The smallest absolute Gasteiger partial charge is 0.267 e. The highest BCUT2D eigenvalue weighted by Gasteiger charge is 2.16. The van der Waals surface area contributed by atoms with Crippen molar-refractivity contribution in [1.29, 1.82) is 0 Å². The molecule has 1 aliphatic carbocycles. The van der Waals surface area contributed by atoms with Crippen LogP contribution in [0.25, 0.3) is 0 Å². The molecule has 6 nitrogen and oxygen atoms in total. The Morgan fingerprint density at radius 2 is 1.83 bits per heavy atom. The number of carbonyl (C=O) groups is 3. The van der Waals surface area contributed by atoms with Crippen LogP contribution in [0, 0.1) is 5.92 Å². The average Bonchev–Trinajstić information content (AvgIpc) is 3.02. The molecule has 0 saturated heterocycles. The third kappa shape index (κ3) is 5.54. The quantitative estimate of drug-likeness (QED) is 0.530. The minimum Gasteiger partial charge on any atom is -0.356 e. The fourth-order valence-corrected chi connectivity index (χ4v) is 2.93. The molecular formula is C17H25N3O3. The molecule has 6 heteroatoms. The maximum atomic E-state index is 11.9. The second-order valence-corrected chi connectivity index (χ2v) is 6.17. The van der Waals surface area contributed by atoms with Gasteiger partial charge in [-0.1, -0.05) is 19.3 Å². The summed E-state index contributed by atoms with van der Waals surface area (Å²) in [5.74, 6) is 0.210. The number of aromatic nitrogens is 1. The largest absolute Gasteiger partial charge is 0.356 e. The molecular weight excluding hydrogens is 294 g/mol. The van der Waals surface area contributed by atoms with Crippen molar-refractivity contribution >= 4 is 17.6 Å². The Labute approximate surface area is 136 Å². The Kier molecular flexibility index (Phi) is 6.38. The molecule has 1 fully saturated rings. The van der Waals surface area contributed by atoms with Crippen molar-refractivity contribution in [2.75, 3.05) is 13.1 Å². The summed E-state index contributed by atoms with van der Waals surface area (Å²) in [6, 6.07) is 1.53. The van der Waals surface area contributed by atoms with Crippen LogP contribution in [0.15, 0.2) is 12.3 Å². The Morgan fingerprint density at radius 3 is 2.48 bits per heavy atom. The average molecular weight is 319 g/mol. The van der Waals surface area contributed by atoms with E-state index in [9.17, 15) is 14.4 Å². The second-order valence-electron chi connectivity index (χ2n) is 6.17. The monoisotopic (exact) mass is 319 g/mol. The van der Waals surface area contributed by atoms with Crippen LogP contribution in [0.3, 0.4) is 0 Å². The van der Waals surface area contributed by atoms with Crippen molar-refractivity contribution in [2.24, 2.45) is 5.92 Å². The van der Waals surface area contributed by atoms with Crippen LogP contribution < -0.4 is 10.6 Å². The van der Waals surface area contributed by atoms with Crippen LogP contribution in [0.2, 0.25) is 0 Å². The van der Waals surface area contributed by atoms with E-state index in [1.54, 1.807) is 0 Å². The van der Waals surface area contributed by atoms with Crippen molar-refractivity contribution in [3.63, 3.8) is 0 Å². The molecule has 0 bridgehead atoms. The Balaban J connectivity index is 1.63. The van der Waals surface area contributed by atoms with Crippen LogP contribution in [0.4, 0.5) is 0 Å². The standard InChI is InChI=1S/C17H25N3O3/c1-12(21)14-10-15(20-11-14)17(23)19-8-7-18-16(22)9-13-5-3-2-4-6-13/h10-11,13,20H,2-9H2,1H3,(H,18,22)(H,19,23). The normalized spacial score (nSPS) is 15.2. The topological polar surface area (TPSA) is 91.1 Å². The van der Waals surface area contributed by atoms with Crippen molar-refractivity contribution < 1.29 is 14.4 Å². The number of carbonyl (C=O) groups excluding carboxylic acids is 3. The van der Waals surface area contributed by atoms with Gasteiger partial charge in [-0.2, -0.15) is 0 Å². The summed E-state index contributed by atoms with van der Waals surface area (Å²) >= 11 is 0. The number of hydrogen-bond donors (Lipinski definition) is 3. The molecule has 0 spiro atoms. The summed E-state index contributed by atoms with van der Waals surface area (Å²) in [6.45, 7) is 2.23. The molecule has 1 aliphatic rings. The lowest BCUT2D eigenvalue weighted by Gasteiger charge is -2.20. The predicted octanol–water partition coefficient (Wildman–Crippen LogP) is 2.03. The van der Waals surface area contributed by atoms with Gasteiger partial charge >= 0.3 is 0 Å². The number of aromatic amines is 1. The maximum absolute atomic E-state index is 11.9. The summed E-state index contributed by atoms with van der Waals surface area (Å²) in [5.41, 5.74) is 0.833. The Morgan fingerprint density at radius 1 is 1.13 bits per heavy atom. The van der Waals surface area contributed by atoms with E-state index >= 15 is 0 Å². The lowest BCUT2D eigenvalue weighted by molar-refractivity contribution is -0.122. The van der Waals surface area contributed by atoms with Crippen LogP contribution in [-0.4, -0.2) is 35.7 Å². The van der Waals surface area contributed by atoms with E-state index in [1.165, 1.54) is 38.4 Å². The van der Waals surface area contributed by atoms with Gasteiger partial charge in [0, 0.05) is 31.3 Å². The fourth-order valence-electron chi connectivity index (χ4n) is 2.93. The maximum Gasteiger partial charge on any atom is 0.267 e. The first-order valence-corrected chi connectivity index (χ1v) is 8.30. The van der Waals surface area contributed by atoms with E-state index in [2.05, 4.69) is 15.6 Å². The molecule has 0 atom stereocenters. The van der Waals surface area contributed by atoms with E-state index in [0.29, 0.717) is 36.7 Å². The van der Waals surface area contributed by atoms with Crippen molar-refractivity contribution in [3.05, 3.63) is 23.5 Å². The summed E-state index contributed by atoms with van der Waals surface area (Å²) in [4.78, 5) is 37.7. The molecule has 23 heavy (non-hydrogen) atoms. The molecule has 0 radical (unpaired) electrons. The molecule has 1 aromatic heterocycles. The summed E-state index contributed by atoms with van der Waals surface area (Å²) in [6.07, 6.45) is 8.15. The zero-order valence-electron chi connectivity index (χ0n) is 13.6. The minimum atomic E-state index is -0.279. The van der Waals surface area contributed by atoms with Crippen molar-refractivity contribution in [3.8, 4) is 0 Å². The Hall–Kier alpha value is -2.11. The van der Waals surface area contributed by atoms with Gasteiger partial charge in [0.25, 0.3) is 5.91 Å². The van der Waals surface area contributed by atoms with Gasteiger partial charge in [-0.15, -0.1) is 0 Å². The highest BCUT2D eigenvalue weighted by molar-refractivity contribution is 5.99. The molecule has 1 saturated carbocycles. The molecule has 0 aromatic carbocycles. The zero-order valence-corrected chi connectivity index (χ0v) is 13.6. The molecule has 126 valence electrons. The number of rotatable bonds is 7. The van der Waals surface area contributed by atoms with Crippen LogP contribution in [0.5, 0.6) is 0 Å². The fraction of sp³-hybridized carbons (Fsp3) is 0.588. The van der Waals surface area contributed by atoms with Crippen LogP contribution in [0.1, 0.15) is 66.3 Å². The number of H-pyrrole nitrogens is 1. The van der Waals surface area contributed by atoms with Crippen molar-refractivity contribution in [1.82, 2.24) is 15.6 Å². The number of hydrogen-bond acceptors (Lipinski definition) is 3. The summed E-state index contributed by atoms with van der Waals surface area (Å²) in [5, 5.41) is 5.56. The first-order valence-electron chi connectivity index (χ1n) is 8.30. The molecule has 0 unspecified atom stereocenters. The molecule has 2 rings (SSSR count). The molecule has 3 N–H and O–H groups in total. The van der Waals surface area contributed by atoms with E-state index < -0.39 is 0 Å². The first-order chi connectivity index (χ1) is 11.1. The zero-order chi connectivity index (χ0) is 16.7. The van der Waals surface area contributed by atoms with E-state index in [1.807, 2.05) is 0 Å². The molecule has 2 amide bonds. The van der Waals surface area contributed by atoms with Gasteiger partial charge in [0.15, 0.2) is 5.78 Å². The van der Waals surface area contributed by atoms with E-state index in [-0.39, 0.29) is 17.6 Å². The van der Waals surface area contributed by atoms with Gasteiger partial charge in [-0.25, -0.2) is 0 Å². The van der Waals surface area contributed by atoms with Crippen LogP contribution >= 0.6 is 0 Å². The lowest BCUT2D eigenvalue weighted by atomic mass is 9.87. The number of amides is 2. The number of nitrogens with one attached hydrogen (secondary N) is 3. The SMILES string of the molecule is CC(=O)c1c[nH]c(C(=O)NCCNC(=O)CC2CCCCC2)c1. The highest BCUT2D eigenvalue weighted by Crippen LogP contribution is 2.25. The Bertz CT molecular complexity index is 559.